The minimum absolute atomic E-state index is 0.000498. The van der Waals surface area contributed by atoms with Crippen molar-refractivity contribution >= 4 is 17.7 Å². The molecule has 1 aliphatic carbocycles. The first-order valence-corrected chi connectivity index (χ1v) is 7.47. The molecule has 6 nitrogen and oxygen atoms in total. The second-order valence-corrected chi connectivity index (χ2v) is 5.94. The predicted molar refractivity (Wildman–Crippen MR) is 74.1 cm³/mol. The van der Waals surface area contributed by atoms with Gasteiger partial charge < -0.3 is 9.64 Å². The summed E-state index contributed by atoms with van der Waals surface area (Å²) in [6, 6.07) is 0. The van der Waals surface area contributed by atoms with E-state index in [0.29, 0.717) is 32.5 Å². The van der Waals surface area contributed by atoms with E-state index < -0.39 is 0 Å². The molecule has 0 N–H and O–H groups in total. The molecule has 114 valence electrons. The number of carbonyl (C=O) groups is 3. The number of hydrogen-bond acceptors (Lipinski definition) is 4. The maximum absolute atomic E-state index is 12.3. The Labute approximate surface area is 123 Å². The van der Waals surface area contributed by atoms with Gasteiger partial charge >= 0.3 is 0 Å². The molecule has 0 bridgehead atoms. The number of likely N-dealkylation sites (tertiary alicyclic amines) is 1. The average Bonchev–Trinajstić information content (AvgIpc) is 2.73. The zero-order chi connectivity index (χ0) is 15.0. The summed E-state index contributed by atoms with van der Waals surface area (Å²) in [5.41, 5.74) is 0. The van der Waals surface area contributed by atoms with Gasteiger partial charge in [-0.15, -0.1) is 0 Å². The first-order chi connectivity index (χ1) is 10.1. The fraction of sp³-hybridized carbons (Fsp3) is 0.667. The van der Waals surface area contributed by atoms with Gasteiger partial charge in [0.05, 0.1) is 24.5 Å². The van der Waals surface area contributed by atoms with Crippen LogP contribution < -0.4 is 0 Å². The van der Waals surface area contributed by atoms with E-state index >= 15 is 0 Å². The van der Waals surface area contributed by atoms with E-state index in [1.807, 2.05) is 19.1 Å². The van der Waals surface area contributed by atoms with Crippen LogP contribution in [0, 0.1) is 11.8 Å². The van der Waals surface area contributed by atoms with Gasteiger partial charge in [-0.05, 0) is 19.8 Å². The normalized spacial score (nSPS) is 32.5. The second kappa shape index (κ2) is 5.60. The summed E-state index contributed by atoms with van der Waals surface area (Å²) in [6.07, 6.45) is 5.10. The van der Waals surface area contributed by atoms with E-state index in [1.54, 1.807) is 4.90 Å². The van der Waals surface area contributed by atoms with E-state index in [0.717, 1.165) is 4.90 Å². The van der Waals surface area contributed by atoms with Crippen molar-refractivity contribution in [1.82, 2.24) is 9.80 Å². The Kier molecular flexibility index (Phi) is 3.80. The monoisotopic (exact) mass is 292 g/mol. The minimum Gasteiger partial charge on any atom is -0.375 e. The summed E-state index contributed by atoms with van der Waals surface area (Å²) in [4.78, 5) is 39.8. The van der Waals surface area contributed by atoms with Gasteiger partial charge in [0.25, 0.3) is 0 Å². The molecule has 0 aromatic carbocycles. The van der Waals surface area contributed by atoms with Gasteiger partial charge in [-0.1, -0.05) is 12.2 Å². The standard InChI is InChI=1S/C15H20N2O4/c1-10-8-16(6-7-21-10)13(18)9-17-14(19)11-4-2-3-5-12(11)15(17)20/h2-3,10-12H,4-9H2,1H3/t10-,11-,12+/m0/s1. The van der Waals surface area contributed by atoms with Crippen molar-refractivity contribution in [2.45, 2.75) is 25.9 Å². The van der Waals surface area contributed by atoms with Gasteiger partial charge in [0.15, 0.2) is 0 Å². The molecule has 0 unspecified atom stereocenters. The van der Waals surface area contributed by atoms with Crippen molar-refractivity contribution in [2.75, 3.05) is 26.2 Å². The van der Waals surface area contributed by atoms with Crippen LogP contribution in [-0.4, -0.2) is 59.9 Å². The number of hydrogen-bond donors (Lipinski definition) is 0. The molecule has 0 aromatic heterocycles. The Morgan fingerprint density at radius 1 is 1.24 bits per heavy atom. The zero-order valence-electron chi connectivity index (χ0n) is 12.2. The molecule has 0 spiro atoms. The number of imide groups is 1. The van der Waals surface area contributed by atoms with Crippen LogP contribution in [0.3, 0.4) is 0 Å². The molecule has 3 aliphatic rings. The highest BCUT2D eigenvalue weighted by Crippen LogP contribution is 2.34. The largest absolute Gasteiger partial charge is 0.375 e. The van der Waals surface area contributed by atoms with Gasteiger partial charge in [0, 0.05) is 13.1 Å². The van der Waals surface area contributed by atoms with Crippen LogP contribution in [0.25, 0.3) is 0 Å². The quantitative estimate of drug-likeness (QED) is 0.538. The molecule has 21 heavy (non-hydrogen) atoms. The fourth-order valence-corrected chi connectivity index (χ4v) is 3.31. The summed E-state index contributed by atoms with van der Waals surface area (Å²) in [5, 5.41) is 0. The number of morpholine rings is 1. The summed E-state index contributed by atoms with van der Waals surface area (Å²) >= 11 is 0. The van der Waals surface area contributed by atoms with Crippen LogP contribution in [0.1, 0.15) is 19.8 Å². The molecular weight excluding hydrogens is 272 g/mol. The molecular formula is C15H20N2O4. The Hall–Kier alpha value is -1.69. The number of nitrogens with zero attached hydrogens (tertiary/aromatic N) is 2. The van der Waals surface area contributed by atoms with Gasteiger partial charge in [-0.25, -0.2) is 0 Å². The highest BCUT2D eigenvalue weighted by molar-refractivity contribution is 6.07. The lowest BCUT2D eigenvalue weighted by Gasteiger charge is -2.32. The maximum atomic E-state index is 12.3. The Morgan fingerprint density at radius 3 is 2.43 bits per heavy atom. The third kappa shape index (κ3) is 2.60. The molecule has 0 aromatic rings. The van der Waals surface area contributed by atoms with E-state index in [4.69, 9.17) is 4.74 Å². The van der Waals surface area contributed by atoms with E-state index in [9.17, 15) is 14.4 Å². The summed E-state index contributed by atoms with van der Waals surface area (Å²) in [7, 11) is 0. The molecule has 0 radical (unpaired) electrons. The summed E-state index contributed by atoms with van der Waals surface area (Å²) < 4.78 is 5.40. The van der Waals surface area contributed by atoms with E-state index in [1.165, 1.54) is 0 Å². The highest BCUT2D eigenvalue weighted by Gasteiger charge is 2.47. The zero-order valence-corrected chi connectivity index (χ0v) is 12.2. The fourth-order valence-electron chi connectivity index (χ4n) is 3.31. The topological polar surface area (TPSA) is 66.9 Å². The van der Waals surface area contributed by atoms with Crippen LogP contribution >= 0.6 is 0 Å². The lowest BCUT2D eigenvalue weighted by molar-refractivity contribution is -0.149. The molecule has 6 heteroatoms. The van der Waals surface area contributed by atoms with E-state index in [-0.39, 0.29) is 42.2 Å². The highest BCUT2D eigenvalue weighted by atomic mass is 16.5. The van der Waals surface area contributed by atoms with Crippen LogP contribution in [0.5, 0.6) is 0 Å². The van der Waals surface area contributed by atoms with Crippen molar-refractivity contribution in [1.29, 1.82) is 0 Å². The Balaban J connectivity index is 1.66. The number of ether oxygens (including phenoxy) is 1. The van der Waals surface area contributed by atoms with Crippen LogP contribution in [-0.2, 0) is 19.1 Å². The molecule has 3 rings (SSSR count). The van der Waals surface area contributed by atoms with Crippen molar-refractivity contribution in [3.63, 3.8) is 0 Å². The first kappa shape index (κ1) is 14.3. The predicted octanol–water partition coefficient (Wildman–Crippen LogP) is 0.185. The van der Waals surface area contributed by atoms with Gasteiger partial charge in [0.1, 0.15) is 6.54 Å². The molecule has 2 fully saturated rings. The second-order valence-electron chi connectivity index (χ2n) is 5.94. The molecule has 3 amide bonds. The first-order valence-electron chi connectivity index (χ1n) is 7.47. The number of rotatable bonds is 2. The van der Waals surface area contributed by atoms with Crippen molar-refractivity contribution in [3.8, 4) is 0 Å². The van der Waals surface area contributed by atoms with Gasteiger partial charge in [-0.3, -0.25) is 19.3 Å². The Bertz CT molecular complexity index is 476. The van der Waals surface area contributed by atoms with Gasteiger partial charge in [-0.2, -0.15) is 0 Å². The number of allylic oxidation sites excluding steroid dienone is 2. The number of fused-ring (bicyclic) bond motifs is 1. The molecule has 2 saturated heterocycles. The van der Waals surface area contributed by atoms with Gasteiger partial charge in [0.2, 0.25) is 17.7 Å². The Morgan fingerprint density at radius 2 is 1.86 bits per heavy atom. The lowest BCUT2D eigenvalue weighted by atomic mass is 9.85. The average molecular weight is 292 g/mol. The minimum atomic E-state index is -0.265. The van der Waals surface area contributed by atoms with Crippen molar-refractivity contribution < 1.29 is 19.1 Å². The van der Waals surface area contributed by atoms with Crippen molar-refractivity contribution in [2.24, 2.45) is 11.8 Å². The molecule has 2 aliphatic heterocycles. The molecule has 3 atom stereocenters. The third-order valence-corrected chi connectivity index (χ3v) is 4.49. The van der Waals surface area contributed by atoms with Crippen molar-refractivity contribution in [3.05, 3.63) is 12.2 Å². The lowest BCUT2D eigenvalue weighted by Crippen LogP contribution is -2.49. The summed E-state index contributed by atoms with van der Waals surface area (Å²) in [5.74, 6) is -1.08. The van der Waals surface area contributed by atoms with Crippen LogP contribution in [0.2, 0.25) is 0 Å². The SMILES string of the molecule is C[C@H]1CN(C(=O)CN2C(=O)[C@H]3CC=CC[C@H]3C2=O)CCO1. The third-order valence-electron chi connectivity index (χ3n) is 4.49. The maximum Gasteiger partial charge on any atom is 0.242 e. The number of carbonyl (C=O) groups excluding carboxylic acids is 3. The van der Waals surface area contributed by atoms with E-state index in [2.05, 4.69) is 0 Å². The molecule has 2 heterocycles. The number of amides is 3. The molecule has 0 saturated carbocycles. The van der Waals surface area contributed by atoms with Crippen LogP contribution in [0.4, 0.5) is 0 Å². The van der Waals surface area contributed by atoms with Crippen LogP contribution in [0.15, 0.2) is 12.2 Å². The summed E-state index contributed by atoms with van der Waals surface area (Å²) in [6.45, 7) is 3.32. The smallest absolute Gasteiger partial charge is 0.242 e.